The predicted octanol–water partition coefficient (Wildman–Crippen LogP) is 0.436. The molecule has 0 radical (unpaired) electrons. The van der Waals surface area contributed by atoms with Gasteiger partial charge in [-0.25, -0.2) is 4.79 Å². The first-order valence-electron chi connectivity index (χ1n) is 5.78. The van der Waals surface area contributed by atoms with Crippen molar-refractivity contribution < 1.29 is 19.4 Å². The molecule has 0 bridgehead atoms. The van der Waals surface area contributed by atoms with Crippen molar-refractivity contribution in [1.82, 2.24) is 5.32 Å². The molecular formula is C12H15N3O4. The Labute approximate surface area is 109 Å². The van der Waals surface area contributed by atoms with Crippen LogP contribution >= 0.6 is 0 Å². The summed E-state index contributed by atoms with van der Waals surface area (Å²) in [5.41, 5.74) is 6.32. The number of aromatic hydroxyl groups is 1. The molecule has 1 aromatic rings. The van der Waals surface area contributed by atoms with Gasteiger partial charge in [0.25, 0.3) is 0 Å². The third-order valence-corrected chi connectivity index (χ3v) is 2.78. The first-order valence-corrected chi connectivity index (χ1v) is 5.78. The number of phenols is 1. The smallest absolute Gasteiger partial charge is 0.414 e. The van der Waals surface area contributed by atoms with Crippen LogP contribution in [-0.2, 0) is 9.53 Å². The summed E-state index contributed by atoms with van der Waals surface area (Å²) in [7, 11) is 0. The number of nitrogens with two attached hydrogens (primary N) is 1. The van der Waals surface area contributed by atoms with Crippen molar-refractivity contribution >= 4 is 23.4 Å². The van der Waals surface area contributed by atoms with Crippen LogP contribution < -0.4 is 16.0 Å². The van der Waals surface area contributed by atoms with Crippen LogP contribution in [0.2, 0.25) is 0 Å². The van der Waals surface area contributed by atoms with E-state index in [-0.39, 0.29) is 23.9 Å². The fraction of sp³-hybridized carbons (Fsp3) is 0.333. The number of benzene rings is 1. The average molecular weight is 265 g/mol. The number of carbonyl (C=O) groups is 2. The second-order valence-corrected chi connectivity index (χ2v) is 4.30. The minimum atomic E-state index is -0.500. The van der Waals surface area contributed by atoms with Crippen molar-refractivity contribution in [1.29, 1.82) is 0 Å². The Morgan fingerprint density at radius 3 is 3.00 bits per heavy atom. The zero-order chi connectivity index (χ0) is 14.0. The summed E-state index contributed by atoms with van der Waals surface area (Å²) in [5, 5.41) is 11.9. The summed E-state index contributed by atoms with van der Waals surface area (Å²) in [5.74, 6) is -0.213. The van der Waals surface area contributed by atoms with Crippen LogP contribution in [-0.4, -0.2) is 36.3 Å². The zero-order valence-corrected chi connectivity index (χ0v) is 10.4. The van der Waals surface area contributed by atoms with E-state index in [1.165, 1.54) is 24.0 Å². The Morgan fingerprint density at radius 1 is 1.63 bits per heavy atom. The number of rotatable bonds is 3. The van der Waals surface area contributed by atoms with E-state index in [0.717, 1.165) is 0 Å². The first kappa shape index (κ1) is 13.0. The Kier molecular flexibility index (Phi) is 3.46. The van der Waals surface area contributed by atoms with Gasteiger partial charge in [0.2, 0.25) is 5.91 Å². The topological polar surface area (TPSA) is 105 Å². The molecule has 19 heavy (non-hydrogen) atoms. The predicted molar refractivity (Wildman–Crippen MR) is 68.8 cm³/mol. The maximum atomic E-state index is 11.7. The Hall–Kier alpha value is -2.44. The van der Waals surface area contributed by atoms with Crippen molar-refractivity contribution in [3.63, 3.8) is 0 Å². The maximum absolute atomic E-state index is 11.7. The first-order chi connectivity index (χ1) is 8.97. The number of hydrogen-bond acceptors (Lipinski definition) is 5. The quantitative estimate of drug-likeness (QED) is 0.543. The van der Waals surface area contributed by atoms with Gasteiger partial charge in [0.1, 0.15) is 11.9 Å². The van der Waals surface area contributed by atoms with Gasteiger partial charge in [0.05, 0.1) is 18.8 Å². The molecule has 1 heterocycles. The van der Waals surface area contributed by atoms with Gasteiger partial charge in [0.15, 0.2) is 0 Å². The number of nitrogens with one attached hydrogen (secondary N) is 1. The minimum absolute atomic E-state index is 0.0360. The van der Waals surface area contributed by atoms with E-state index < -0.39 is 12.2 Å². The molecule has 0 spiro atoms. The Balaban J connectivity index is 2.07. The highest BCUT2D eigenvalue weighted by Gasteiger charge is 2.32. The summed E-state index contributed by atoms with van der Waals surface area (Å²) in [6.07, 6.45) is -0.896. The molecule has 1 aliphatic rings. The van der Waals surface area contributed by atoms with E-state index in [1.807, 2.05) is 0 Å². The second kappa shape index (κ2) is 5.05. The zero-order valence-electron chi connectivity index (χ0n) is 10.4. The standard InChI is InChI=1S/C12H15N3O4/c1-7(16)14-5-9-6-15(12(18)19-9)8-2-3-11(17)10(13)4-8/h2-4,9,17H,5-6,13H2,1H3,(H,14,16)/t9-/m0/s1. The summed E-state index contributed by atoms with van der Waals surface area (Å²) >= 11 is 0. The molecule has 0 saturated carbocycles. The van der Waals surface area contributed by atoms with E-state index in [2.05, 4.69) is 5.32 Å². The van der Waals surface area contributed by atoms with Gasteiger partial charge in [-0.3, -0.25) is 9.69 Å². The van der Waals surface area contributed by atoms with Crippen molar-refractivity contribution in [2.75, 3.05) is 23.7 Å². The van der Waals surface area contributed by atoms with E-state index in [1.54, 1.807) is 6.07 Å². The largest absolute Gasteiger partial charge is 0.506 e. The maximum Gasteiger partial charge on any atom is 0.414 e. The van der Waals surface area contributed by atoms with Crippen LogP contribution in [0.25, 0.3) is 0 Å². The third-order valence-electron chi connectivity index (χ3n) is 2.78. The SMILES string of the molecule is CC(=O)NC[C@H]1CN(c2ccc(O)c(N)c2)C(=O)O1. The van der Waals surface area contributed by atoms with Crippen LogP contribution in [0.1, 0.15) is 6.92 Å². The van der Waals surface area contributed by atoms with Crippen LogP contribution in [0.5, 0.6) is 5.75 Å². The molecule has 2 amide bonds. The second-order valence-electron chi connectivity index (χ2n) is 4.30. The van der Waals surface area contributed by atoms with Crippen molar-refractivity contribution in [3.05, 3.63) is 18.2 Å². The lowest BCUT2D eigenvalue weighted by molar-refractivity contribution is -0.119. The Bertz CT molecular complexity index is 518. The molecule has 2 rings (SSSR count). The van der Waals surface area contributed by atoms with Gasteiger partial charge in [-0.15, -0.1) is 0 Å². The van der Waals surface area contributed by atoms with Crippen LogP contribution in [0.3, 0.4) is 0 Å². The third kappa shape index (κ3) is 2.87. The number of ether oxygens (including phenoxy) is 1. The fourth-order valence-corrected chi connectivity index (χ4v) is 1.81. The van der Waals surface area contributed by atoms with Crippen LogP contribution in [0, 0.1) is 0 Å². The lowest BCUT2D eigenvalue weighted by Gasteiger charge is -2.14. The highest BCUT2D eigenvalue weighted by molar-refractivity contribution is 5.90. The molecule has 1 fully saturated rings. The van der Waals surface area contributed by atoms with E-state index >= 15 is 0 Å². The summed E-state index contributed by atoms with van der Waals surface area (Å²) in [6.45, 7) is 1.99. The average Bonchev–Trinajstić information content (AvgIpc) is 2.72. The molecule has 7 nitrogen and oxygen atoms in total. The van der Waals surface area contributed by atoms with Crippen molar-refractivity contribution in [3.8, 4) is 5.75 Å². The molecular weight excluding hydrogens is 250 g/mol. The number of cyclic esters (lactones) is 1. The van der Waals surface area contributed by atoms with Gasteiger partial charge in [-0.05, 0) is 18.2 Å². The van der Waals surface area contributed by atoms with Gasteiger partial charge >= 0.3 is 6.09 Å². The molecule has 0 aromatic heterocycles. The van der Waals surface area contributed by atoms with Crippen molar-refractivity contribution in [2.45, 2.75) is 13.0 Å². The molecule has 0 aliphatic carbocycles. The minimum Gasteiger partial charge on any atom is -0.506 e. The van der Waals surface area contributed by atoms with Gasteiger partial charge < -0.3 is 20.9 Å². The molecule has 4 N–H and O–H groups in total. The number of amides is 2. The van der Waals surface area contributed by atoms with Gasteiger partial charge in [0, 0.05) is 12.6 Å². The lowest BCUT2D eigenvalue weighted by atomic mass is 10.2. The Morgan fingerprint density at radius 2 is 2.37 bits per heavy atom. The lowest BCUT2D eigenvalue weighted by Crippen LogP contribution is -2.33. The highest BCUT2D eigenvalue weighted by atomic mass is 16.6. The number of phenolic OH excluding ortho intramolecular Hbond substituents is 1. The number of nitrogens with zero attached hydrogens (tertiary/aromatic N) is 1. The molecule has 7 heteroatoms. The van der Waals surface area contributed by atoms with E-state index in [0.29, 0.717) is 12.2 Å². The number of nitrogen functional groups attached to an aromatic ring is 1. The number of carbonyl (C=O) groups excluding carboxylic acids is 2. The van der Waals surface area contributed by atoms with E-state index in [4.69, 9.17) is 10.5 Å². The fourth-order valence-electron chi connectivity index (χ4n) is 1.81. The molecule has 0 unspecified atom stereocenters. The molecule has 1 aromatic carbocycles. The van der Waals surface area contributed by atoms with E-state index in [9.17, 15) is 14.7 Å². The highest BCUT2D eigenvalue weighted by Crippen LogP contribution is 2.28. The summed E-state index contributed by atoms with van der Waals surface area (Å²) in [6, 6.07) is 4.49. The summed E-state index contributed by atoms with van der Waals surface area (Å²) < 4.78 is 5.12. The molecule has 1 saturated heterocycles. The summed E-state index contributed by atoms with van der Waals surface area (Å²) in [4.78, 5) is 23.9. The molecule has 1 atom stereocenters. The molecule has 102 valence electrons. The van der Waals surface area contributed by atoms with Gasteiger partial charge in [-0.2, -0.15) is 0 Å². The monoisotopic (exact) mass is 265 g/mol. The van der Waals surface area contributed by atoms with Crippen molar-refractivity contribution in [2.24, 2.45) is 0 Å². The molecule has 1 aliphatic heterocycles. The van der Waals surface area contributed by atoms with Gasteiger partial charge in [-0.1, -0.05) is 0 Å². The number of anilines is 2. The normalized spacial score (nSPS) is 18.3. The number of hydrogen-bond donors (Lipinski definition) is 3. The van der Waals surface area contributed by atoms with Crippen LogP contribution in [0.4, 0.5) is 16.2 Å². The van der Waals surface area contributed by atoms with Crippen LogP contribution in [0.15, 0.2) is 18.2 Å².